The van der Waals surface area contributed by atoms with Crippen molar-refractivity contribution in [2.75, 3.05) is 5.32 Å². The molecule has 21 heavy (non-hydrogen) atoms. The number of benzene rings is 2. The van der Waals surface area contributed by atoms with Crippen LogP contribution in [0.2, 0.25) is 0 Å². The number of rotatable bonds is 0. The van der Waals surface area contributed by atoms with E-state index in [9.17, 15) is 9.90 Å². The molecule has 5 heteroatoms. The Morgan fingerprint density at radius 1 is 1.14 bits per heavy atom. The molecule has 0 fully saturated rings. The van der Waals surface area contributed by atoms with E-state index >= 15 is 0 Å². The van der Waals surface area contributed by atoms with E-state index in [0.29, 0.717) is 22.6 Å². The molecule has 0 saturated carbocycles. The predicted molar refractivity (Wildman–Crippen MR) is 80.4 cm³/mol. The smallest absolute Gasteiger partial charge is 0.279 e. The van der Waals surface area contributed by atoms with Crippen molar-refractivity contribution < 1.29 is 16.1 Å². The number of carbonyl (C=O) groups is 1. The molecule has 0 bridgehead atoms. The zero-order valence-electron chi connectivity index (χ0n) is 10.8. The monoisotopic (exact) mass is 301 g/mol. The van der Waals surface area contributed by atoms with E-state index in [1.54, 1.807) is 42.5 Å². The molecule has 106 valence electrons. The quantitative estimate of drug-likeness (QED) is 0.784. The minimum absolute atomic E-state index is 0. The fourth-order valence-corrected chi connectivity index (χ4v) is 2.97. The number of para-hydroxylation sites is 2. The summed E-state index contributed by atoms with van der Waals surface area (Å²) >= 11 is 6.15. The average molecular weight is 302 g/mol. The lowest BCUT2D eigenvalue weighted by atomic mass is 9.87. The first-order valence-electron chi connectivity index (χ1n) is 6.43. The third kappa shape index (κ3) is 1.57. The summed E-state index contributed by atoms with van der Waals surface area (Å²) in [7, 11) is 0. The summed E-state index contributed by atoms with van der Waals surface area (Å²) in [6.07, 6.45) is 0. The summed E-state index contributed by atoms with van der Waals surface area (Å²) in [6.45, 7) is 0. The van der Waals surface area contributed by atoms with E-state index in [-0.39, 0.29) is 17.9 Å². The van der Waals surface area contributed by atoms with Crippen molar-refractivity contribution in [3.05, 3.63) is 70.4 Å². The summed E-state index contributed by atoms with van der Waals surface area (Å²) in [5.41, 5.74) is 1.54. The summed E-state index contributed by atoms with van der Waals surface area (Å²) < 4.78 is 5.77. The molecule has 4 rings (SSSR count). The molecule has 0 radical (unpaired) electrons. The highest BCUT2D eigenvalue weighted by Crippen LogP contribution is 2.47. The van der Waals surface area contributed by atoms with Crippen molar-refractivity contribution in [3.63, 3.8) is 0 Å². The number of allylic oxidation sites excluding steroid dienone is 1. The summed E-state index contributed by atoms with van der Waals surface area (Å²) in [4.78, 5) is 12.3. The standard InChI is InChI=1S/C16H10ClNO3.H2/c17-13-14(19)9-5-1-2-6-10(9)16(20)15(13)18-11-7-3-4-8-12(11)21-16;/h1-8,18,20H;1H. The van der Waals surface area contributed by atoms with Crippen LogP contribution < -0.4 is 10.1 Å². The lowest BCUT2D eigenvalue weighted by molar-refractivity contribution is -0.115. The number of aliphatic hydroxyl groups is 1. The molecule has 1 heterocycles. The fourth-order valence-electron chi connectivity index (χ4n) is 2.69. The van der Waals surface area contributed by atoms with Crippen LogP contribution in [-0.2, 0) is 5.79 Å². The van der Waals surface area contributed by atoms with Gasteiger partial charge in [-0.25, -0.2) is 0 Å². The van der Waals surface area contributed by atoms with Gasteiger partial charge in [-0.2, -0.15) is 0 Å². The van der Waals surface area contributed by atoms with Gasteiger partial charge in [0.1, 0.15) is 16.5 Å². The van der Waals surface area contributed by atoms with Crippen LogP contribution in [-0.4, -0.2) is 10.9 Å². The summed E-state index contributed by atoms with van der Waals surface area (Å²) in [5.74, 6) is -1.62. The van der Waals surface area contributed by atoms with Crippen molar-refractivity contribution in [3.8, 4) is 5.75 Å². The van der Waals surface area contributed by atoms with Crippen molar-refractivity contribution >= 4 is 23.1 Å². The van der Waals surface area contributed by atoms with Gasteiger partial charge in [-0.15, -0.1) is 0 Å². The normalized spacial score (nSPS) is 22.7. The van der Waals surface area contributed by atoms with Gasteiger partial charge in [0.05, 0.1) is 5.69 Å². The molecule has 1 aliphatic heterocycles. The van der Waals surface area contributed by atoms with E-state index in [4.69, 9.17) is 16.3 Å². The molecule has 0 saturated heterocycles. The van der Waals surface area contributed by atoms with Crippen LogP contribution in [0, 0.1) is 0 Å². The van der Waals surface area contributed by atoms with Gasteiger partial charge in [0.15, 0.2) is 0 Å². The van der Waals surface area contributed by atoms with Crippen LogP contribution >= 0.6 is 11.6 Å². The van der Waals surface area contributed by atoms with Crippen LogP contribution in [0.1, 0.15) is 17.3 Å². The van der Waals surface area contributed by atoms with Crippen LogP contribution in [0.25, 0.3) is 0 Å². The number of carbonyl (C=O) groups excluding carboxylic acids is 1. The number of fused-ring (bicyclic) bond motifs is 4. The second kappa shape index (κ2) is 4.10. The highest BCUT2D eigenvalue weighted by molar-refractivity contribution is 6.46. The summed E-state index contributed by atoms with van der Waals surface area (Å²) in [5, 5.41) is 13.9. The van der Waals surface area contributed by atoms with Crippen LogP contribution in [0.3, 0.4) is 0 Å². The Balaban J connectivity index is 0.00000144. The second-order valence-electron chi connectivity index (χ2n) is 4.93. The van der Waals surface area contributed by atoms with Crippen molar-refractivity contribution in [1.29, 1.82) is 0 Å². The van der Waals surface area contributed by atoms with Crippen molar-refractivity contribution in [2.24, 2.45) is 0 Å². The number of nitrogens with one attached hydrogen (secondary N) is 1. The molecule has 0 amide bonds. The molecule has 1 aliphatic carbocycles. The minimum atomic E-state index is -1.78. The number of ketones is 1. The molecule has 2 aliphatic rings. The van der Waals surface area contributed by atoms with Gasteiger partial charge in [-0.1, -0.05) is 48.0 Å². The maximum atomic E-state index is 12.3. The maximum Gasteiger partial charge on any atom is 0.279 e. The Morgan fingerprint density at radius 2 is 1.86 bits per heavy atom. The minimum Gasteiger partial charge on any atom is -0.450 e. The predicted octanol–water partition coefficient (Wildman–Crippen LogP) is 3.23. The Morgan fingerprint density at radius 3 is 2.71 bits per heavy atom. The third-order valence-electron chi connectivity index (χ3n) is 3.70. The Bertz CT molecular complexity index is 821. The largest absolute Gasteiger partial charge is 0.450 e. The number of ether oxygens (including phenoxy) is 1. The Labute approximate surface area is 127 Å². The number of halogens is 1. The first-order chi connectivity index (χ1) is 10.1. The molecule has 0 spiro atoms. The number of Topliss-reactive ketones (excluding diaryl/α,β-unsaturated/α-hetero) is 1. The molecule has 1 unspecified atom stereocenters. The highest BCUT2D eigenvalue weighted by Gasteiger charge is 2.49. The average Bonchev–Trinajstić information content (AvgIpc) is 2.52. The molecule has 0 aromatic heterocycles. The van der Waals surface area contributed by atoms with Gasteiger partial charge in [0.2, 0.25) is 5.78 Å². The van der Waals surface area contributed by atoms with E-state index in [2.05, 4.69) is 5.32 Å². The van der Waals surface area contributed by atoms with E-state index in [1.807, 2.05) is 6.07 Å². The van der Waals surface area contributed by atoms with Crippen LogP contribution in [0.15, 0.2) is 59.3 Å². The molecule has 2 aromatic rings. The zero-order valence-corrected chi connectivity index (χ0v) is 11.5. The van der Waals surface area contributed by atoms with Gasteiger partial charge >= 0.3 is 0 Å². The molecule has 2 N–H and O–H groups in total. The van der Waals surface area contributed by atoms with Gasteiger partial charge in [0, 0.05) is 12.6 Å². The lowest BCUT2D eigenvalue weighted by Gasteiger charge is -2.40. The molecular formula is C16H12ClNO3. The first kappa shape index (κ1) is 12.4. The van der Waals surface area contributed by atoms with Gasteiger partial charge < -0.3 is 15.2 Å². The molecular weight excluding hydrogens is 290 g/mol. The topological polar surface area (TPSA) is 58.6 Å². The van der Waals surface area contributed by atoms with Gasteiger partial charge in [-0.05, 0) is 12.1 Å². The fraction of sp³-hybridized carbons (Fsp3) is 0.0625. The molecule has 1 atom stereocenters. The number of hydrogen-bond donors (Lipinski definition) is 2. The SMILES string of the molecule is O=C1C(Cl)=C2Nc3ccccc3OC2(O)c2ccccc21.[HH]. The Hall–Kier alpha value is -2.30. The van der Waals surface area contributed by atoms with E-state index < -0.39 is 5.79 Å². The zero-order chi connectivity index (χ0) is 14.6. The third-order valence-corrected chi connectivity index (χ3v) is 4.06. The van der Waals surface area contributed by atoms with E-state index in [0.717, 1.165) is 0 Å². The van der Waals surface area contributed by atoms with Gasteiger partial charge in [0.25, 0.3) is 5.79 Å². The first-order valence-corrected chi connectivity index (χ1v) is 6.81. The van der Waals surface area contributed by atoms with Crippen LogP contribution in [0.5, 0.6) is 5.75 Å². The number of hydrogen-bond acceptors (Lipinski definition) is 4. The second-order valence-corrected chi connectivity index (χ2v) is 5.31. The van der Waals surface area contributed by atoms with Crippen molar-refractivity contribution in [2.45, 2.75) is 5.79 Å². The maximum absolute atomic E-state index is 12.3. The van der Waals surface area contributed by atoms with E-state index in [1.165, 1.54) is 0 Å². The molecule has 2 aromatic carbocycles. The summed E-state index contributed by atoms with van der Waals surface area (Å²) in [6, 6.07) is 13.9. The highest BCUT2D eigenvalue weighted by atomic mass is 35.5. The number of anilines is 1. The van der Waals surface area contributed by atoms with Crippen LogP contribution in [0.4, 0.5) is 5.69 Å². The lowest BCUT2D eigenvalue weighted by Crippen LogP contribution is -2.45. The van der Waals surface area contributed by atoms with Crippen molar-refractivity contribution in [1.82, 2.24) is 0 Å². The van der Waals surface area contributed by atoms with Gasteiger partial charge in [-0.3, -0.25) is 4.79 Å². The molecule has 4 nitrogen and oxygen atoms in total. The Kier molecular flexibility index (Phi) is 2.43.